The number of rotatable bonds is 7. The number of benzene rings is 2. The summed E-state index contributed by atoms with van der Waals surface area (Å²) in [6, 6.07) is 18.2. The summed E-state index contributed by atoms with van der Waals surface area (Å²) in [6.45, 7) is 2.42. The molecule has 1 amide bonds. The van der Waals surface area contributed by atoms with Crippen molar-refractivity contribution < 1.29 is 14.3 Å². The van der Waals surface area contributed by atoms with Crippen LogP contribution < -0.4 is 20.1 Å². The van der Waals surface area contributed by atoms with Gasteiger partial charge in [0.25, 0.3) is 5.91 Å². The summed E-state index contributed by atoms with van der Waals surface area (Å²) in [5, 5.41) is 6.05. The number of anilines is 3. The number of para-hydroxylation sites is 4. The summed E-state index contributed by atoms with van der Waals surface area (Å²) in [6.07, 6.45) is 1.58. The first-order valence-electron chi connectivity index (χ1n) is 8.60. The molecule has 0 spiro atoms. The molecule has 6 nitrogen and oxygen atoms in total. The summed E-state index contributed by atoms with van der Waals surface area (Å²) in [5.74, 6) is 1.63. The van der Waals surface area contributed by atoms with Crippen LogP contribution in [0.15, 0.2) is 66.9 Å². The zero-order chi connectivity index (χ0) is 19.1. The van der Waals surface area contributed by atoms with E-state index in [0.29, 0.717) is 35.2 Å². The fourth-order valence-electron chi connectivity index (χ4n) is 2.57. The van der Waals surface area contributed by atoms with Gasteiger partial charge < -0.3 is 20.1 Å². The van der Waals surface area contributed by atoms with Crippen LogP contribution in [0.3, 0.4) is 0 Å². The molecule has 0 aliphatic heterocycles. The van der Waals surface area contributed by atoms with Crippen molar-refractivity contribution in [1.82, 2.24) is 4.98 Å². The first-order valence-corrected chi connectivity index (χ1v) is 8.60. The van der Waals surface area contributed by atoms with Gasteiger partial charge in [-0.2, -0.15) is 0 Å². The van der Waals surface area contributed by atoms with Crippen molar-refractivity contribution in [3.8, 4) is 11.5 Å². The van der Waals surface area contributed by atoms with Gasteiger partial charge in [-0.3, -0.25) is 4.79 Å². The van der Waals surface area contributed by atoms with Crippen molar-refractivity contribution >= 4 is 23.1 Å². The van der Waals surface area contributed by atoms with Crippen molar-refractivity contribution in [2.45, 2.75) is 6.92 Å². The van der Waals surface area contributed by atoms with Crippen LogP contribution in [0.5, 0.6) is 11.5 Å². The first-order chi connectivity index (χ1) is 13.2. The average molecular weight is 363 g/mol. The van der Waals surface area contributed by atoms with Crippen LogP contribution in [0.1, 0.15) is 17.3 Å². The maximum atomic E-state index is 12.7. The van der Waals surface area contributed by atoms with Gasteiger partial charge in [0.2, 0.25) is 0 Å². The molecule has 0 saturated heterocycles. The molecule has 3 rings (SSSR count). The topological polar surface area (TPSA) is 72.5 Å². The molecule has 0 radical (unpaired) electrons. The van der Waals surface area contributed by atoms with Gasteiger partial charge >= 0.3 is 0 Å². The molecule has 0 atom stereocenters. The number of hydrogen-bond donors (Lipinski definition) is 2. The van der Waals surface area contributed by atoms with Crippen LogP contribution >= 0.6 is 0 Å². The molecule has 0 aliphatic rings. The predicted molar refractivity (Wildman–Crippen MR) is 106 cm³/mol. The zero-order valence-electron chi connectivity index (χ0n) is 15.2. The van der Waals surface area contributed by atoms with E-state index in [4.69, 9.17) is 9.47 Å². The standard InChI is InChI=1S/C21H21N3O3/c1-3-27-19-11-7-5-9-17(19)24-21(25)15-12-13-22-20(14-15)23-16-8-4-6-10-18(16)26-2/h4-14H,3H2,1-2H3,(H,22,23)(H,24,25). The highest BCUT2D eigenvalue weighted by Crippen LogP contribution is 2.27. The van der Waals surface area contributed by atoms with Crippen LogP contribution in [0.25, 0.3) is 0 Å². The number of methoxy groups -OCH3 is 1. The Labute approximate surface area is 158 Å². The Morgan fingerprint density at radius 3 is 2.44 bits per heavy atom. The van der Waals surface area contributed by atoms with Gasteiger partial charge in [0.05, 0.1) is 25.1 Å². The van der Waals surface area contributed by atoms with Crippen molar-refractivity contribution in [3.63, 3.8) is 0 Å². The number of nitrogens with one attached hydrogen (secondary N) is 2. The number of amides is 1. The predicted octanol–water partition coefficient (Wildman–Crippen LogP) is 4.48. The lowest BCUT2D eigenvalue weighted by atomic mass is 10.2. The van der Waals surface area contributed by atoms with E-state index in [1.165, 1.54) is 0 Å². The van der Waals surface area contributed by atoms with E-state index in [1.54, 1.807) is 31.5 Å². The molecule has 0 unspecified atom stereocenters. The van der Waals surface area contributed by atoms with Crippen LogP contribution in [-0.4, -0.2) is 24.6 Å². The van der Waals surface area contributed by atoms with E-state index in [1.807, 2.05) is 49.4 Å². The van der Waals surface area contributed by atoms with E-state index in [2.05, 4.69) is 15.6 Å². The second-order valence-electron chi connectivity index (χ2n) is 5.64. The fraction of sp³-hybridized carbons (Fsp3) is 0.143. The third kappa shape index (κ3) is 4.55. The molecule has 0 aliphatic carbocycles. The number of pyridine rings is 1. The minimum absolute atomic E-state index is 0.243. The number of nitrogens with zero attached hydrogens (tertiary/aromatic N) is 1. The minimum Gasteiger partial charge on any atom is -0.495 e. The Morgan fingerprint density at radius 1 is 1.00 bits per heavy atom. The monoisotopic (exact) mass is 363 g/mol. The van der Waals surface area contributed by atoms with E-state index in [0.717, 1.165) is 5.69 Å². The van der Waals surface area contributed by atoms with Gasteiger partial charge in [0.1, 0.15) is 17.3 Å². The number of aromatic nitrogens is 1. The molecular formula is C21H21N3O3. The molecule has 6 heteroatoms. The quantitative estimate of drug-likeness (QED) is 0.647. The molecule has 2 N–H and O–H groups in total. The second-order valence-corrected chi connectivity index (χ2v) is 5.64. The largest absolute Gasteiger partial charge is 0.495 e. The molecule has 0 fully saturated rings. The molecule has 138 valence electrons. The summed E-state index contributed by atoms with van der Waals surface area (Å²) in [4.78, 5) is 16.9. The Hall–Kier alpha value is -3.54. The molecule has 2 aromatic carbocycles. The Kier molecular flexibility index (Phi) is 5.89. The average Bonchev–Trinajstić information content (AvgIpc) is 2.70. The fourth-order valence-corrected chi connectivity index (χ4v) is 2.57. The van der Waals surface area contributed by atoms with Gasteiger partial charge in [-0.15, -0.1) is 0 Å². The van der Waals surface area contributed by atoms with Gasteiger partial charge in [-0.05, 0) is 43.3 Å². The molecule has 1 aromatic heterocycles. The van der Waals surface area contributed by atoms with Crippen LogP contribution in [0, 0.1) is 0 Å². The molecule has 0 saturated carbocycles. The summed E-state index contributed by atoms with van der Waals surface area (Å²) in [5.41, 5.74) is 1.88. The number of carbonyl (C=O) groups excluding carboxylic acids is 1. The highest BCUT2D eigenvalue weighted by atomic mass is 16.5. The number of ether oxygens (including phenoxy) is 2. The maximum absolute atomic E-state index is 12.7. The molecule has 1 heterocycles. The van der Waals surface area contributed by atoms with Crippen LogP contribution in [0.2, 0.25) is 0 Å². The lowest BCUT2D eigenvalue weighted by Gasteiger charge is -2.12. The normalized spacial score (nSPS) is 10.1. The highest BCUT2D eigenvalue weighted by molar-refractivity contribution is 6.05. The van der Waals surface area contributed by atoms with Crippen molar-refractivity contribution in [1.29, 1.82) is 0 Å². The number of hydrogen-bond acceptors (Lipinski definition) is 5. The zero-order valence-corrected chi connectivity index (χ0v) is 15.2. The maximum Gasteiger partial charge on any atom is 0.255 e. The first kappa shape index (κ1) is 18.3. The Morgan fingerprint density at radius 2 is 1.70 bits per heavy atom. The molecular weight excluding hydrogens is 342 g/mol. The highest BCUT2D eigenvalue weighted by Gasteiger charge is 2.11. The molecule has 0 bridgehead atoms. The SMILES string of the molecule is CCOc1ccccc1NC(=O)c1ccnc(Nc2ccccc2OC)c1. The third-order valence-corrected chi connectivity index (χ3v) is 3.83. The van der Waals surface area contributed by atoms with E-state index >= 15 is 0 Å². The minimum atomic E-state index is -0.243. The van der Waals surface area contributed by atoms with E-state index < -0.39 is 0 Å². The third-order valence-electron chi connectivity index (χ3n) is 3.83. The molecule has 3 aromatic rings. The van der Waals surface area contributed by atoms with Crippen LogP contribution in [0.4, 0.5) is 17.2 Å². The molecule has 27 heavy (non-hydrogen) atoms. The van der Waals surface area contributed by atoms with Crippen LogP contribution in [-0.2, 0) is 0 Å². The summed E-state index contributed by atoms with van der Waals surface area (Å²) < 4.78 is 10.9. The summed E-state index contributed by atoms with van der Waals surface area (Å²) in [7, 11) is 1.60. The van der Waals surface area contributed by atoms with Crippen molar-refractivity contribution in [2.75, 3.05) is 24.4 Å². The van der Waals surface area contributed by atoms with E-state index in [9.17, 15) is 4.79 Å². The van der Waals surface area contributed by atoms with Crippen molar-refractivity contribution in [2.24, 2.45) is 0 Å². The van der Waals surface area contributed by atoms with Crippen molar-refractivity contribution in [3.05, 3.63) is 72.4 Å². The smallest absolute Gasteiger partial charge is 0.255 e. The second kappa shape index (κ2) is 8.71. The van der Waals surface area contributed by atoms with Gasteiger partial charge in [-0.1, -0.05) is 24.3 Å². The van der Waals surface area contributed by atoms with E-state index in [-0.39, 0.29) is 5.91 Å². The number of carbonyl (C=O) groups is 1. The Bertz CT molecular complexity index is 928. The Balaban J connectivity index is 1.78. The van der Waals surface area contributed by atoms with Gasteiger partial charge in [0.15, 0.2) is 0 Å². The lowest BCUT2D eigenvalue weighted by Crippen LogP contribution is -2.13. The summed E-state index contributed by atoms with van der Waals surface area (Å²) >= 11 is 0. The van der Waals surface area contributed by atoms with Gasteiger partial charge in [-0.25, -0.2) is 4.98 Å². The lowest BCUT2D eigenvalue weighted by molar-refractivity contribution is 0.102. The van der Waals surface area contributed by atoms with Gasteiger partial charge in [0, 0.05) is 11.8 Å².